The Hall–Kier alpha value is -1.60. The third-order valence-electron chi connectivity index (χ3n) is 5.43. The number of benzene rings is 1. The number of sulfone groups is 1. The molecule has 1 spiro atoms. The van der Waals surface area contributed by atoms with Crippen molar-refractivity contribution in [1.82, 2.24) is 4.90 Å². The maximum absolute atomic E-state index is 12.4. The van der Waals surface area contributed by atoms with Gasteiger partial charge in [-0.3, -0.25) is 4.90 Å². The first kappa shape index (κ1) is 19.2. The van der Waals surface area contributed by atoms with Gasteiger partial charge in [0.2, 0.25) is 0 Å². The number of carbonyl (C=O) groups is 1. The summed E-state index contributed by atoms with van der Waals surface area (Å²) < 4.78 is 30.1. The van der Waals surface area contributed by atoms with Gasteiger partial charge >= 0.3 is 6.09 Å². The number of piperidine rings is 1. The Morgan fingerprint density at radius 1 is 1.27 bits per heavy atom. The normalized spacial score (nSPS) is 28.9. The summed E-state index contributed by atoms with van der Waals surface area (Å²) in [4.78, 5) is 14.0. The van der Waals surface area contributed by atoms with Crippen LogP contribution >= 0.6 is 0 Å². The van der Waals surface area contributed by atoms with E-state index in [-0.39, 0.29) is 5.41 Å². The first-order valence-electron chi connectivity index (χ1n) is 8.96. The number of ether oxygens (including phenoxy) is 1. The molecule has 3 atom stereocenters. The highest BCUT2D eigenvalue weighted by molar-refractivity contribution is 7.90. The van der Waals surface area contributed by atoms with E-state index in [1.165, 1.54) is 6.26 Å². The highest BCUT2D eigenvalue weighted by atomic mass is 32.2. The van der Waals surface area contributed by atoms with Crippen LogP contribution in [-0.2, 0) is 20.0 Å². The zero-order chi connectivity index (χ0) is 19.3. The number of amides is 1. The van der Waals surface area contributed by atoms with Gasteiger partial charge in [0.1, 0.15) is 5.60 Å². The number of fused-ring (bicyclic) bond motifs is 2. The topological polar surface area (TPSA) is 89.7 Å². The molecule has 3 rings (SSSR count). The van der Waals surface area contributed by atoms with Gasteiger partial charge in [0, 0.05) is 18.2 Å². The SMILES string of the molecule is CC(C)(C)OC(=O)N1CCC2(CC1N)CC(S(C)(=O)=O)c1ccccc12. The summed E-state index contributed by atoms with van der Waals surface area (Å²) in [5.41, 5.74) is 7.41. The maximum Gasteiger partial charge on any atom is 0.411 e. The van der Waals surface area contributed by atoms with Crippen molar-refractivity contribution in [2.24, 2.45) is 5.73 Å². The molecule has 2 N–H and O–H groups in total. The van der Waals surface area contributed by atoms with E-state index < -0.39 is 32.9 Å². The van der Waals surface area contributed by atoms with Crippen LogP contribution in [0.1, 0.15) is 56.4 Å². The number of nitrogens with two attached hydrogens (primary N) is 1. The van der Waals surface area contributed by atoms with Crippen molar-refractivity contribution < 1.29 is 17.9 Å². The van der Waals surface area contributed by atoms with E-state index >= 15 is 0 Å². The molecule has 1 aliphatic carbocycles. The lowest BCUT2D eigenvalue weighted by Gasteiger charge is -2.44. The molecule has 3 unspecified atom stereocenters. The summed E-state index contributed by atoms with van der Waals surface area (Å²) in [6.07, 6.45) is 2.14. The van der Waals surface area contributed by atoms with Crippen molar-refractivity contribution in [3.8, 4) is 0 Å². The largest absolute Gasteiger partial charge is 0.444 e. The fourth-order valence-corrected chi connectivity index (χ4v) is 5.60. The number of hydrogen-bond acceptors (Lipinski definition) is 5. The van der Waals surface area contributed by atoms with Crippen LogP contribution in [0.4, 0.5) is 4.79 Å². The standard InChI is InChI=1S/C19H28N2O4S/c1-18(2,3)25-17(22)21-10-9-19(12-16(21)20)11-15(26(4,23)24)13-7-5-6-8-14(13)19/h5-8,15-16H,9-12,20H2,1-4H3. The molecule has 6 nitrogen and oxygen atoms in total. The molecule has 26 heavy (non-hydrogen) atoms. The summed E-state index contributed by atoms with van der Waals surface area (Å²) in [6.45, 7) is 5.93. The zero-order valence-corrected chi connectivity index (χ0v) is 16.7. The van der Waals surface area contributed by atoms with E-state index in [0.717, 1.165) is 11.1 Å². The van der Waals surface area contributed by atoms with Crippen LogP contribution in [0, 0.1) is 0 Å². The molecule has 0 radical (unpaired) electrons. The zero-order valence-electron chi connectivity index (χ0n) is 15.9. The predicted octanol–water partition coefficient (Wildman–Crippen LogP) is 2.73. The highest BCUT2D eigenvalue weighted by Crippen LogP contribution is 2.53. The van der Waals surface area contributed by atoms with E-state index in [2.05, 4.69) is 0 Å². The van der Waals surface area contributed by atoms with Crippen molar-refractivity contribution in [3.63, 3.8) is 0 Å². The molecule has 1 aromatic carbocycles. The molecule has 1 aliphatic heterocycles. The van der Waals surface area contributed by atoms with E-state index in [1.54, 1.807) is 4.90 Å². The van der Waals surface area contributed by atoms with Gasteiger partial charge in [-0.15, -0.1) is 0 Å². The minimum atomic E-state index is -3.21. The van der Waals surface area contributed by atoms with Gasteiger partial charge in [-0.2, -0.15) is 0 Å². The number of rotatable bonds is 1. The second-order valence-corrected chi connectivity index (χ2v) is 10.8. The molecule has 1 fully saturated rings. The quantitative estimate of drug-likeness (QED) is 0.809. The molecule has 1 heterocycles. The van der Waals surface area contributed by atoms with Crippen molar-refractivity contribution in [3.05, 3.63) is 35.4 Å². The fourth-order valence-electron chi connectivity index (χ4n) is 4.31. The molecule has 2 aliphatic rings. The minimum absolute atomic E-state index is 0.303. The van der Waals surface area contributed by atoms with Crippen LogP contribution in [0.25, 0.3) is 0 Å². The third-order valence-corrected chi connectivity index (χ3v) is 6.89. The van der Waals surface area contributed by atoms with E-state index in [4.69, 9.17) is 10.5 Å². The first-order chi connectivity index (χ1) is 11.9. The van der Waals surface area contributed by atoms with Gasteiger partial charge in [0.15, 0.2) is 9.84 Å². The molecule has 7 heteroatoms. The van der Waals surface area contributed by atoms with Gasteiger partial charge < -0.3 is 10.5 Å². The number of likely N-dealkylation sites (tertiary alicyclic amines) is 1. The number of hydrogen-bond donors (Lipinski definition) is 1. The maximum atomic E-state index is 12.4. The lowest BCUT2D eigenvalue weighted by molar-refractivity contribution is 0.00225. The van der Waals surface area contributed by atoms with Crippen LogP contribution in [0.3, 0.4) is 0 Å². The highest BCUT2D eigenvalue weighted by Gasteiger charge is 2.51. The van der Waals surface area contributed by atoms with Crippen molar-refractivity contribution in [1.29, 1.82) is 0 Å². The fraction of sp³-hybridized carbons (Fsp3) is 0.632. The molecule has 0 saturated carbocycles. The van der Waals surface area contributed by atoms with Gasteiger partial charge in [-0.1, -0.05) is 24.3 Å². The van der Waals surface area contributed by atoms with Crippen LogP contribution in [0.2, 0.25) is 0 Å². The lowest BCUT2D eigenvalue weighted by atomic mass is 9.73. The second kappa shape index (κ2) is 6.23. The molecule has 144 valence electrons. The summed E-state index contributed by atoms with van der Waals surface area (Å²) >= 11 is 0. The van der Waals surface area contributed by atoms with Crippen LogP contribution in [0.5, 0.6) is 0 Å². The Labute approximate surface area is 155 Å². The molecule has 1 amide bonds. The van der Waals surface area contributed by atoms with E-state index in [1.807, 2.05) is 45.0 Å². The van der Waals surface area contributed by atoms with Crippen molar-refractivity contribution in [2.75, 3.05) is 12.8 Å². The third kappa shape index (κ3) is 3.47. The summed E-state index contributed by atoms with van der Waals surface area (Å²) in [6, 6.07) is 7.74. The minimum Gasteiger partial charge on any atom is -0.444 e. The Kier molecular flexibility index (Phi) is 4.60. The molecular formula is C19H28N2O4S. The Balaban J connectivity index is 1.87. The average Bonchev–Trinajstić information content (AvgIpc) is 2.80. The van der Waals surface area contributed by atoms with Crippen molar-refractivity contribution in [2.45, 2.75) is 62.5 Å². The van der Waals surface area contributed by atoms with Crippen molar-refractivity contribution >= 4 is 15.9 Å². The van der Waals surface area contributed by atoms with Crippen LogP contribution in [0.15, 0.2) is 24.3 Å². The molecule has 1 aromatic rings. The summed E-state index contributed by atoms with van der Waals surface area (Å²) in [7, 11) is -3.21. The van der Waals surface area contributed by atoms with Crippen LogP contribution in [-0.4, -0.2) is 44.0 Å². The van der Waals surface area contributed by atoms with Gasteiger partial charge in [-0.05, 0) is 51.2 Å². The van der Waals surface area contributed by atoms with Gasteiger partial charge in [0.25, 0.3) is 0 Å². The van der Waals surface area contributed by atoms with Crippen LogP contribution < -0.4 is 5.73 Å². The lowest BCUT2D eigenvalue weighted by Crippen LogP contribution is -2.55. The van der Waals surface area contributed by atoms with Gasteiger partial charge in [-0.25, -0.2) is 13.2 Å². The van der Waals surface area contributed by atoms with E-state index in [0.29, 0.717) is 25.8 Å². The smallest absolute Gasteiger partial charge is 0.411 e. The molecule has 1 saturated heterocycles. The molecule has 0 aromatic heterocycles. The number of carbonyl (C=O) groups excluding carboxylic acids is 1. The molecular weight excluding hydrogens is 352 g/mol. The Morgan fingerprint density at radius 2 is 1.92 bits per heavy atom. The Morgan fingerprint density at radius 3 is 2.50 bits per heavy atom. The van der Waals surface area contributed by atoms with E-state index in [9.17, 15) is 13.2 Å². The first-order valence-corrected chi connectivity index (χ1v) is 10.9. The predicted molar refractivity (Wildman–Crippen MR) is 100 cm³/mol. The monoisotopic (exact) mass is 380 g/mol. The Bertz CT molecular complexity index is 815. The molecule has 0 bridgehead atoms. The number of nitrogens with zero attached hydrogens (tertiary/aromatic N) is 1. The van der Waals surface area contributed by atoms with Gasteiger partial charge in [0.05, 0.1) is 11.4 Å². The second-order valence-electron chi connectivity index (χ2n) is 8.59. The average molecular weight is 381 g/mol. The summed E-state index contributed by atoms with van der Waals surface area (Å²) in [5.74, 6) is 0. The summed E-state index contributed by atoms with van der Waals surface area (Å²) in [5, 5.41) is -0.501.